The number of carbonyl (C=O) groups excluding carboxylic acids is 2. The van der Waals surface area contributed by atoms with Gasteiger partial charge >= 0.3 is 11.5 Å². The molecule has 0 saturated carbocycles. The van der Waals surface area contributed by atoms with Gasteiger partial charge in [0.2, 0.25) is 0 Å². The number of hydrogen-bond acceptors (Lipinski definition) is 3. The Kier molecular flexibility index (Phi) is 4.71. The average Bonchev–Trinajstić information content (AvgIpc) is 2.38. The first-order valence-corrected chi connectivity index (χ1v) is 8.01. The number of piperidine rings is 2. The molecule has 0 N–H and O–H groups in total. The Morgan fingerprint density at radius 1 is 0.952 bits per heavy atom. The van der Waals surface area contributed by atoms with E-state index in [0.717, 1.165) is 51.9 Å². The average molecular weight is 317 g/mol. The molecule has 2 saturated heterocycles. The Morgan fingerprint density at radius 2 is 1.38 bits per heavy atom. The third-order valence-electron chi connectivity index (χ3n) is 4.55. The van der Waals surface area contributed by atoms with Gasteiger partial charge in [-0.2, -0.15) is 0 Å². The van der Waals surface area contributed by atoms with Gasteiger partial charge in [-0.1, -0.05) is 0 Å². The number of nitrogens with zero attached hydrogens (tertiary/aromatic N) is 2. The van der Waals surface area contributed by atoms with Crippen LogP contribution in [0.5, 0.6) is 0 Å². The molecule has 0 aliphatic carbocycles. The van der Waals surface area contributed by atoms with Crippen molar-refractivity contribution < 1.29 is 14.3 Å². The highest BCUT2D eigenvalue weighted by molar-refractivity contribution is 6.62. The first kappa shape index (κ1) is 16.4. The van der Waals surface area contributed by atoms with E-state index in [2.05, 4.69) is 0 Å². The molecule has 2 fully saturated rings. The van der Waals surface area contributed by atoms with Crippen molar-refractivity contribution in [3.8, 4) is 0 Å². The SMILES string of the molecule is CC(C)(C)OC(=O)N1CCC2(CCN(C(=O)Cl)CC2)CC1. The Hall–Kier alpha value is -0.970. The van der Waals surface area contributed by atoms with Crippen molar-refractivity contribution >= 4 is 23.1 Å². The molecule has 21 heavy (non-hydrogen) atoms. The molecule has 2 rings (SSSR count). The number of likely N-dealkylation sites (tertiary alicyclic amines) is 2. The molecule has 0 bridgehead atoms. The summed E-state index contributed by atoms with van der Waals surface area (Å²) < 4.78 is 5.42. The molecule has 0 unspecified atom stereocenters. The van der Waals surface area contributed by atoms with Gasteiger partial charge in [0.25, 0.3) is 0 Å². The minimum atomic E-state index is -0.446. The maximum absolute atomic E-state index is 12.1. The third kappa shape index (κ3) is 4.25. The van der Waals surface area contributed by atoms with Crippen molar-refractivity contribution in [2.24, 2.45) is 5.41 Å². The summed E-state index contributed by atoms with van der Waals surface area (Å²) in [6.07, 6.45) is 3.71. The van der Waals surface area contributed by atoms with Gasteiger partial charge < -0.3 is 14.5 Å². The fraction of sp³-hybridized carbons (Fsp3) is 0.867. The zero-order valence-corrected chi connectivity index (χ0v) is 13.9. The van der Waals surface area contributed by atoms with Crippen LogP contribution in [-0.4, -0.2) is 53.0 Å². The van der Waals surface area contributed by atoms with E-state index in [9.17, 15) is 9.59 Å². The number of ether oxygens (including phenoxy) is 1. The summed E-state index contributed by atoms with van der Waals surface area (Å²) in [6, 6.07) is 0. The highest BCUT2D eigenvalue weighted by Crippen LogP contribution is 2.41. The molecule has 0 aromatic rings. The van der Waals surface area contributed by atoms with Gasteiger partial charge in [-0.25, -0.2) is 4.79 Å². The van der Waals surface area contributed by atoms with Gasteiger partial charge in [0.05, 0.1) is 0 Å². The fourth-order valence-electron chi connectivity index (χ4n) is 3.15. The van der Waals surface area contributed by atoms with Crippen molar-refractivity contribution in [3.05, 3.63) is 0 Å². The standard InChI is InChI=1S/C15H25ClN2O3/c1-14(2,3)21-13(20)18-10-6-15(7-11-18)4-8-17(9-5-15)12(16)19/h4-11H2,1-3H3. The van der Waals surface area contributed by atoms with Gasteiger partial charge in [0, 0.05) is 26.2 Å². The zero-order valence-electron chi connectivity index (χ0n) is 13.2. The van der Waals surface area contributed by atoms with Gasteiger partial charge in [-0.15, -0.1) is 0 Å². The van der Waals surface area contributed by atoms with Crippen molar-refractivity contribution in [1.29, 1.82) is 0 Å². The molecular formula is C15H25ClN2O3. The van der Waals surface area contributed by atoms with Crippen LogP contribution < -0.4 is 0 Å². The second-order valence-corrected chi connectivity index (χ2v) is 7.53. The molecule has 1 spiro atoms. The van der Waals surface area contributed by atoms with Crippen LogP contribution in [0, 0.1) is 5.41 Å². The summed E-state index contributed by atoms with van der Waals surface area (Å²) >= 11 is 5.53. The summed E-state index contributed by atoms with van der Waals surface area (Å²) in [6.45, 7) is 8.59. The molecular weight excluding hydrogens is 292 g/mol. The maximum atomic E-state index is 12.1. The number of amides is 2. The molecule has 0 aromatic heterocycles. The minimum absolute atomic E-state index is 0.217. The van der Waals surface area contributed by atoms with Gasteiger partial charge in [-0.3, -0.25) is 4.79 Å². The van der Waals surface area contributed by atoms with E-state index < -0.39 is 5.60 Å². The predicted molar refractivity (Wildman–Crippen MR) is 81.5 cm³/mol. The molecule has 6 heteroatoms. The van der Waals surface area contributed by atoms with Crippen LogP contribution in [-0.2, 0) is 4.74 Å². The lowest BCUT2D eigenvalue weighted by Crippen LogP contribution is -2.49. The van der Waals surface area contributed by atoms with Crippen LogP contribution in [0.4, 0.5) is 9.59 Å². The molecule has 120 valence electrons. The maximum Gasteiger partial charge on any atom is 0.410 e. The molecule has 5 nitrogen and oxygen atoms in total. The first-order valence-electron chi connectivity index (χ1n) is 7.63. The van der Waals surface area contributed by atoms with E-state index in [0.29, 0.717) is 0 Å². The minimum Gasteiger partial charge on any atom is -0.444 e. The molecule has 2 aliphatic heterocycles. The Labute approximate surface area is 131 Å². The second kappa shape index (κ2) is 6.03. The molecule has 2 heterocycles. The Bertz CT molecular complexity index is 402. The largest absolute Gasteiger partial charge is 0.444 e. The lowest BCUT2D eigenvalue weighted by atomic mass is 9.71. The molecule has 0 aromatic carbocycles. The summed E-state index contributed by atoms with van der Waals surface area (Å²) in [5, 5.41) is -0.351. The van der Waals surface area contributed by atoms with E-state index in [1.54, 1.807) is 9.80 Å². The number of rotatable bonds is 0. The van der Waals surface area contributed by atoms with Gasteiger partial charge in [0.15, 0.2) is 0 Å². The third-order valence-corrected chi connectivity index (χ3v) is 4.79. The van der Waals surface area contributed by atoms with E-state index in [-0.39, 0.29) is 16.9 Å². The predicted octanol–water partition coefficient (Wildman–Crippen LogP) is 3.46. The summed E-state index contributed by atoms with van der Waals surface area (Å²) in [5.74, 6) is 0. The van der Waals surface area contributed by atoms with E-state index >= 15 is 0 Å². The summed E-state index contributed by atoms with van der Waals surface area (Å²) in [4.78, 5) is 26.7. The van der Waals surface area contributed by atoms with E-state index in [1.165, 1.54) is 0 Å². The quantitative estimate of drug-likeness (QED) is 0.508. The highest BCUT2D eigenvalue weighted by atomic mass is 35.5. The fourth-order valence-corrected chi connectivity index (χ4v) is 3.32. The van der Waals surface area contributed by atoms with Crippen molar-refractivity contribution in [2.45, 2.75) is 52.1 Å². The van der Waals surface area contributed by atoms with Crippen LogP contribution >= 0.6 is 11.6 Å². The van der Waals surface area contributed by atoms with Gasteiger partial charge in [-0.05, 0) is 63.5 Å². The monoisotopic (exact) mass is 316 g/mol. The van der Waals surface area contributed by atoms with E-state index in [1.807, 2.05) is 20.8 Å². The van der Waals surface area contributed by atoms with Crippen molar-refractivity contribution in [1.82, 2.24) is 9.80 Å². The number of carbonyl (C=O) groups is 2. The Balaban J connectivity index is 1.84. The molecule has 2 amide bonds. The smallest absolute Gasteiger partial charge is 0.410 e. The molecule has 2 aliphatic rings. The second-order valence-electron chi connectivity index (χ2n) is 7.21. The van der Waals surface area contributed by atoms with Crippen LogP contribution in [0.1, 0.15) is 46.5 Å². The van der Waals surface area contributed by atoms with Crippen LogP contribution in [0.2, 0.25) is 0 Å². The van der Waals surface area contributed by atoms with Crippen LogP contribution in [0.3, 0.4) is 0 Å². The van der Waals surface area contributed by atoms with Crippen molar-refractivity contribution in [2.75, 3.05) is 26.2 Å². The summed E-state index contributed by atoms with van der Waals surface area (Å²) in [5.41, 5.74) is -0.181. The van der Waals surface area contributed by atoms with Crippen molar-refractivity contribution in [3.63, 3.8) is 0 Å². The lowest BCUT2D eigenvalue weighted by molar-refractivity contribution is 0.00125. The van der Waals surface area contributed by atoms with Crippen LogP contribution in [0.25, 0.3) is 0 Å². The zero-order chi connectivity index (χ0) is 15.7. The first-order chi connectivity index (χ1) is 9.71. The summed E-state index contributed by atoms with van der Waals surface area (Å²) in [7, 11) is 0. The Morgan fingerprint density at radius 3 is 1.76 bits per heavy atom. The normalized spacial score (nSPS) is 22.3. The lowest BCUT2D eigenvalue weighted by Gasteiger charge is -2.46. The highest BCUT2D eigenvalue weighted by Gasteiger charge is 2.39. The van der Waals surface area contributed by atoms with E-state index in [4.69, 9.17) is 16.3 Å². The number of halogens is 1. The number of hydrogen-bond donors (Lipinski definition) is 0. The van der Waals surface area contributed by atoms with Gasteiger partial charge in [0.1, 0.15) is 5.60 Å². The topological polar surface area (TPSA) is 49.9 Å². The molecule has 0 radical (unpaired) electrons. The molecule has 0 atom stereocenters. The van der Waals surface area contributed by atoms with Crippen LogP contribution in [0.15, 0.2) is 0 Å².